The Labute approximate surface area is 126 Å². The summed E-state index contributed by atoms with van der Waals surface area (Å²) in [5.41, 5.74) is 3.24. The monoisotopic (exact) mass is 290 g/mol. The lowest BCUT2D eigenvalue weighted by Gasteiger charge is -2.21. The summed E-state index contributed by atoms with van der Waals surface area (Å²) in [7, 11) is 0. The Morgan fingerprint density at radius 1 is 1.20 bits per heavy atom. The SMILES string of the molecule is Cc1ccc(C)c(NC(=S)NC(=O)C2CCCCC2)c1. The molecular formula is C16H22N2OS. The molecule has 0 unspecified atom stereocenters. The van der Waals surface area contributed by atoms with E-state index in [2.05, 4.69) is 16.7 Å². The van der Waals surface area contributed by atoms with Crippen LogP contribution < -0.4 is 10.6 Å². The number of carbonyl (C=O) groups excluding carboxylic acids is 1. The summed E-state index contributed by atoms with van der Waals surface area (Å²) in [5.74, 6) is 0.189. The number of nitrogens with one attached hydrogen (secondary N) is 2. The molecule has 3 nitrogen and oxygen atoms in total. The van der Waals surface area contributed by atoms with Crippen molar-refractivity contribution < 1.29 is 4.79 Å². The van der Waals surface area contributed by atoms with Crippen LogP contribution in [0.15, 0.2) is 18.2 Å². The van der Waals surface area contributed by atoms with E-state index in [4.69, 9.17) is 12.2 Å². The molecule has 1 amide bonds. The number of thiocarbonyl (C=S) groups is 1. The Morgan fingerprint density at radius 2 is 1.90 bits per heavy atom. The standard InChI is InChI=1S/C16H22N2OS/c1-11-8-9-12(2)14(10-11)17-16(20)18-15(19)13-6-4-3-5-7-13/h8-10,13H,3-7H2,1-2H3,(H2,17,18,19,20). The maximum absolute atomic E-state index is 12.1. The molecule has 1 aliphatic rings. The van der Waals surface area contributed by atoms with Gasteiger partial charge in [0.15, 0.2) is 5.11 Å². The molecular weight excluding hydrogens is 268 g/mol. The molecule has 20 heavy (non-hydrogen) atoms. The molecule has 1 aromatic rings. The molecule has 1 aromatic carbocycles. The molecule has 2 N–H and O–H groups in total. The molecule has 0 atom stereocenters. The summed E-state index contributed by atoms with van der Waals surface area (Å²) in [4.78, 5) is 12.1. The van der Waals surface area contributed by atoms with Crippen molar-refractivity contribution in [1.82, 2.24) is 5.32 Å². The average Bonchev–Trinajstić information content (AvgIpc) is 2.43. The summed E-state index contributed by atoms with van der Waals surface area (Å²) in [6, 6.07) is 6.14. The van der Waals surface area contributed by atoms with E-state index in [0.717, 1.165) is 36.9 Å². The minimum atomic E-state index is 0.0625. The van der Waals surface area contributed by atoms with Crippen LogP contribution in [0.2, 0.25) is 0 Å². The first-order valence-corrected chi connectivity index (χ1v) is 7.66. The topological polar surface area (TPSA) is 41.1 Å². The minimum absolute atomic E-state index is 0.0625. The van der Waals surface area contributed by atoms with Crippen molar-refractivity contribution >= 4 is 28.9 Å². The van der Waals surface area contributed by atoms with Crippen LogP contribution in [-0.2, 0) is 4.79 Å². The molecule has 0 bridgehead atoms. The molecule has 108 valence electrons. The van der Waals surface area contributed by atoms with Gasteiger partial charge in [0.1, 0.15) is 0 Å². The summed E-state index contributed by atoms with van der Waals surface area (Å²) in [6.45, 7) is 4.06. The predicted octanol–water partition coefficient (Wildman–Crippen LogP) is 3.70. The zero-order chi connectivity index (χ0) is 14.5. The van der Waals surface area contributed by atoms with Crippen molar-refractivity contribution in [3.8, 4) is 0 Å². The van der Waals surface area contributed by atoms with Crippen LogP contribution >= 0.6 is 12.2 Å². The van der Waals surface area contributed by atoms with Gasteiger partial charge in [-0.3, -0.25) is 4.79 Å². The highest BCUT2D eigenvalue weighted by atomic mass is 32.1. The summed E-state index contributed by atoms with van der Waals surface area (Å²) >= 11 is 5.24. The van der Waals surface area contributed by atoms with E-state index in [1.807, 2.05) is 26.0 Å². The van der Waals surface area contributed by atoms with Crippen LogP contribution in [-0.4, -0.2) is 11.0 Å². The Morgan fingerprint density at radius 3 is 2.60 bits per heavy atom. The Kier molecular flexibility index (Phi) is 5.12. The zero-order valence-corrected chi connectivity index (χ0v) is 13.0. The van der Waals surface area contributed by atoms with E-state index < -0.39 is 0 Å². The normalized spacial score (nSPS) is 15.7. The van der Waals surface area contributed by atoms with Crippen molar-refractivity contribution in [1.29, 1.82) is 0 Å². The number of carbonyl (C=O) groups is 1. The van der Waals surface area contributed by atoms with Gasteiger partial charge in [0.25, 0.3) is 0 Å². The van der Waals surface area contributed by atoms with Crippen LogP contribution in [0.5, 0.6) is 0 Å². The van der Waals surface area contributed by atoms with Crippen LogP contribution in [0.1, 0.15) is 43.2 Å². The van der Waals surface area contributed by atoms with Gasteiger partial charge in [0.05, 0.1) is 0 Å². The molecule has 0 spiro atoms. The van der Waals surface area contributed by atoms with Gasteiger partial charge in [-0.05, 0) is 56.1 Å². The Hall–Kier alpha value is -1.42. The van der Waals surface area contributed by atoms with Crippen LogP contribution in [0.4, 0.5) is 5.69 Å². The van der Waals surface area contributed by atoms with Crippen molar-refractivity contribution in [2.24, 2.45) is 5.92 Å². The van der Waals surface area contributed by atoms with Crippen molar-refractivity contribution in [2.75, 3.05) is 5.32 Å². The average molecular weight is 290 g/mol. The van der Waals surface area contributed by atoms with E-state index >= 15 is 0 Å². The number of rotatable bonds is 2. The molecule has 0 saturated heterocycles. The molecule has 0 aromatic heterocycles. The lowest BCUT2D eigenvalue weighted by Crippen LogP contribution is -2.39. The van der Waals surface area contributed by atoms with E-state index in [1.165, 1.54) is 12.0 Å². The van der Waals surface area contributed by atoms with E-state index in [-0.39, 0.29) is 11.8 Å². The third-order valence-corrected chi connectivity index (χ3v) is 4.06. The van der Waals surface area contributed by atoms with Gasteiger partial charge in [-0.25, -0.2) is 0 Å². The molecule has 0 heterocycles. The van der Waals surface area contributed by atoms with Crippen LogP contribution in [0.3, 0.4) is 0 Å². The zero-order valence-electron chi connectivity index (χ0n) is 12.2. The fourth-order valence-corrected chi connectivity index (χ4v) is 2.81. The maximum atomic E-state index is 12.1. The van der Waals surface area contributed by atoms with Gasteiger partial charge in [0.2, 0.25) is 5.91 Å². The second-order valence-electron chi connectivity index (χ2n) is 5.60. The minimum Gasteiger partial charge on any atom is -0.332 e. The lowest BCUT2D eigenvalue weighted by molar-refractivity contribution is -0.124. The molecule has 1 aliphatic carbocycles. The molecule has 1 saturated carbocycles. The fraction of sp³-hybridized carbons (Fsp3) is 0.500. The second kappa shape index (κ2) is 6.84. The third-order valence-electron chi connectivity index (χ3n) is 3.85. The van der Waals surface area contributed by atoms with Gasteiger partial charge in [-0.15, -0.1) is 0 Å². The molecule has 1 fully saturated rings. The van der Waals surface area contributed by atoms with Crippen molar-refractivity contribution in [3.63, 3.8) is 0 Å². The first-order chi connectivity index (χ1) is 9.56. The van der Waals surface area contributed by atoms with Crippen LogP contribution in [0, 0.1) is 19.8 Å². The van der Waals surface area contributed by atoms with Gasteiger partial charge < -0.3 is 10.6 Å². The molecule has 4 heteroatoms. The highest BCUT2D eigenvalue weighted by molar-refractivity contribution is 7.80. The van der Waals surface area contributed by atoms with E-state index in [1.54, 1.807) is 0 Å². The van der Waals surface area contributed by atoms with Gasteiger partial charge in [-0.2, -0.15) is 0 Å². The lowest BCUT2D eigenvalue weighted by atomic mass is 9.89. The fourth-order valence-electron chi connectivity index (χ4n) is 2.60. The predicted molar refractivity (Wildman–Crippen MR) is 86.9 cm³/mol. The second-order valence-corrected chi connectivity index (χ2v) is 6.00. The van der Waals surface area contributed by atoms with Crippen LogP contribution in [0.25, 0.3) is 0 Å². The highest BCUT2D eigenvalue weighted by Crippen LogP contribution is 2.23. The number of anilines is 1. The van der Waals surface area contributed by atoms with E-state index in [0.29, 0.717) is 5.11 Å². The first-order valence-electron chi connectivity index (χ1n) is 7.25. The van der Waals surface area contributed by atoms with Gasteiger partial charge >= 0.3 is 0 Å². The number of amides is 1. The smallest absolute Gasteiger partial charge is 0.229 e. The van der Waals surface area contributed by atoms with Crippen molar-refractivity contribution in [2.45, 2.75) is 46.0 Å². The van der Waals surface area contributed by atoms with Gasteiger partial charge in [0, 0.05) is 11.6 Å². The summed E-state index contributed by atoms with van der Waals surface area (Å²) in [6.07, 6.45) is 5.51. The Balaban J connectivity index is 1.91. The number of hydrogen-bond acceptors (Lipinski definition) is 2. The first kappa shape index (κ1) is 15.0. The number of aryl methyl sites for hydroxylation is 2. The quantitative estimate of drug-likeness (QED) is 0.816. The molecule has 0 radical (unpaired) electrons. The summed E-state index contributed by atoms with van der Waals surface area (Å²) < 4.78 is 0. The number of benzene rings is 1. The maximum Gasteiger partial charge on any atom is 0.229 e. The largest absolute Gasteiger partial charge is 0.332 e. The molecule has 0 aliphatic heterocycles. The highest BCUT2D eigenvalue weighted by Gasteiger charge is 2.21. The molecule has 2 rings (SSSR count). The van der Waals surface area contributed by atoms with E-state index in [9.17, 15) is 4.79 Å². The van der Waals surface area contributed by atoms with Gasteiger partial charge in [-0.1, -0.05) is 31.4 Å². The number of hydrogen-bond donors (Lipinski definition) is 2. The summed E-state index contributed by atoms with van der Waals surface area (Å²) in [5, 5.41) is 6.34. The Bertz CT molecular complexity index is 507. The van der Waals surface area contributed by atoms with Crippen molar-refractivity contribution in [3.05, 3.63) is 29.3 Å². The third kappa shape index (κ3) is 4.04.